The fourth-order valence-electron chi connectivity index (χ4n) is 1.96. The molecule has 112 valence electrons. The van der Waals surface area contributed by atoms with E-state index in [-0.39, 0.29) is 0 Å². The van der Waals surface area contributed by atoms with Crippen molar-refractivity contribution in [2.75, 3.05) is 20.3 Å². The number of carboxylic acids is 1. The zero-order valence-electron chi connectivity index (χ0n) is 12.5. The largest absolute Gasteiger partial charge is 0.479 e. The van der Waals surface area contributed by atoms with E-state index >= 15 is 0 Å². The zero-order chi connectivity index (χ0) is 15.1. The first kappa shape index (κ1) is 16.5. The molecule has 0 aromatic heterocycles. The molecule has 1 atom stereocenters. The molecule has 0 heterocycles. The van der Waals surface area contributed by atoms with Crippen molar-refractivity contribution in [3.8, 4) is 5.75 Å². The SMILES string of the molecule is COCCNCc1cc(C)c(OC(C)C(=O)O)c(C)c1. The minimum absolute atomic E-state index is 0.653. The Balaban J connectivity index is 2.73. The summed E-state index contributed by atoms with van der Waals surface area (Å²) in [5.74, 6) is -0.311. The average molecular weight is 281 g/mol. The second-order valence-corrected chi connectivity index (χ2v) is 4.83. The van der Waals surface area contributed by atoms with Crippen LogP contribution in [0, 0.1) is 13.8 Å². The number of carbonyl (C=O) groups is 1. The Morgan fingerprint density at radius 1 is 1.35 bits per heavy atom. The van der Waals surface area contributed by atoms with Gasteiger partial charge in [-0.2, -0.15) is 0 Å². The molecule has 2 N–H and O–H groups in total. The first-order valence-corrected chi connectivity index (χ1v) is 6.65. The number of hydrogen-bond acceptors (Lipinski definition) is 4. The Bertz CT molecular complexity index is 436. The summed E-state index contributed by atoms with van der Waals surface area (Å²) in [5, 5.41) is 12.2. The maximum absolute atomic E-state index is 10.8. The summed E-state index contributed by atoms with van der Waals surface area (Å²) in [6.45, 7) is 7.60. The predicted octanol–water partition coefficient (Wildman–Crippen LogP) is 1.89. The van der Waals surface area contributed by atoms with Gasteiger partial charge in [-0.25, -0.2) is 4.79 Å². The number of hydrogen-bond donors (Lipinski definition) is 2. The Morgan fingerprint density at radius 3 is 2.45 bits per heavy atom. The van der Waals surface area contributed by atoms with E-state index in [0.717, 1.165) is 29.8 Å². The lowest BCUT2D eigenvalue weighted by Gasteiger charge is -2.17. The molecule has 1 aromatic carbocycles. The van der Waals surface area contributed by atoms with Crippen molar-refractivity contribution in [2.45, 2.75) is 33.4 Å². The maximum Gasteiger partial charge on any atom is 0.344 e. The molecule has 0 radical (unpaired) electrons. The number of aryl methyl sites for hydroxylation is 2. The standard InChI is InChI=1S/C15H23NO4/c1-10-7-13(9-16-5-6-19-4)8-11(2)14(10)20-12(3)15(17)18/h7-8,12,16H,5-6,9H2,1-4H3,(H,17,18). The van der Waals surface area contributed by atoms with Crippen LogP contribution in [-0.4, -0.2) is 37.4 Å². The molecule has 0 aliphatic carbocycles. The van der Waals surface area contributed by atoms with Crippen LogP contribution in [0.3, 0.4) is 0 Å². The Kier molecular flexibility index (Phi) is 6.48. The fourth-order valence-corrected chi connectivity index (χ4v) is 1.96. The van der Waals surface area contributed by atoms with E-state index in [0.29, 0.717) is 12.4 Å². The molecule has 0 fully saturated rings. The van der Waals surface area contributed by atoms with Crippen molar-refractivity contribution in [2.24, 2.45) is 0 Å². The van der Waals surface area contributed by atoms with Gasteiger partial charge in [0, 0.05) is 20.2 Å². The van der Waals surface area contributed by atoms with E-state index in [1.165, 1.54) is 6.92 Å². The minimum Gasteiger partial charge on any atom is -0.479 e. The van der Waals surface area contributed by atoms with E-state index in [2.05, 4.69) is 5.32 Å². The molecule has 5 nitrogen and oxygen atoms in total. The van der Waals surface area contributed by atoms with Crippen LogP contribution in [0.25, 0.3) is 0 Å². The van der Waals surface area contributed by atoms with Gasteiger partial charge in [0.25, 0.3) is 0 Å². The summed E-state index contributed by atoms with van der Waals surface area (Å²) in [6.07, 6.45) is -0.849. The first-order chi connectivity index (χ1) is 9.45. The maximum atomic E-state index is 10.8. The number of aliphatic carboxylic acids is 1. The molecule has 5 heteroatoms. The van der Waals surface area contributed by atoms with Gasteiger partial charge in [-0.15, -0.1) is 0 Å². The molecule has 0 spiro atoms. The smallest absolute Gasteiger partial charge is 0.344 e. The van der Waals surface area contributed by atoms with Gasteiger partial charge in [-0.3, -0.25) is 0 Å². The van der Waals surface area contributed by atoms with Crippen LogP contribution in [0.1, 0.15) is 23.6 Å². The van der Waals surface area contributed by atoms with Gasteiger partial charge < -0.3 is 19.9 Å². The Hall–Kier alpha value is -1.59. The van der Waals surface area contributed by atoms with E-state index in [1.807, 2.05) is 26.0 Å². The predicted molar refractivity (Wildman–Crippen MR) is 77.2 cm³/mol. The van der Waals surface area contributed by atoms with E-state index in [1.54, 1.807) is 7.11 Å². The van der Waals surface area contributed by atoms with Crippen LogP contribution in [0.15, 0.2) is 12.1 Å². The third-order valence-corrected chi connectivity index (χ3v) is 2.97. The summed E-state index contributed by atoms with van der Waals surface area (Å²) in [5.41, 5.74) is 3.04. The highest BCUT2D eigenvalue weighted by Gasteiger charge is 2.15. The van der Waals surface area contributed by atoms with Crippen LogP contribution in [0.2, 0.25) is 0 Å². The molecular weight excluding hydrogens is 258 g/mol. The van der Waals surface area contributed by atoms with E-state index in [9.17, 15) is 4.79 Å². The number of carboxylic acid groups (broad SMARTS) is 1. The monoisotopic (exact) mass is 281 g/mol. The fraction of sp³-hybridized carbons (Fsp3) is 0.533. The molecule has 0 saturated carbocycles. The molecular formula is C15H23NO4. The molecule has 1 rings (SSSR count). The van der Waals surface area contributed by atoms with Gasteiger partial charge in [0.15, 0.2) is 6.10 Å². The van der Waals surface area contributed by atoms with Crippen molar-refractivity contribution < 1.29 is 19.4 Å². The third kappa shape index (κ3) is 4.83. The van der Waals surface area contributed by atoms with Crippen LogP contribution < -0.4 is 10.1 Å². The highest BCUT2D eigenvalue weighted by Crippen LogP contribution is 2.26. The number of ether oxygens (including phenoxy) is 2. The molecule has 0 bridgehead atoms. The highest BCUT2D eigenvalue weighted by molar-refractivity contribution is 5.72. The molecule has 0 aliphatic rings. The van der Waals surface area contributed by atoms with Crippen molar-refractivity contribution in [1.82, 2.24) is 5.32 Å². The summed E-state index contributed by atoms with van der Waals surface area (Å²) in [6, 6.07) is 4.02. The molecule has 0 aliphatic heterocycles. The van der Waals surface area contributed by atoms with Crippen molar-refractivity contribution in [3.63, 3.8) is 0 Å². The summed E-state index contributed by atoms with van der Waals surface area (Å²) >= 11 is 0. The van der Waals surface area contributed by atoms with Gasteiger partial charge in [0.1, 0.15) is 5.75 Å². The van der Waals surface area contributed by atoms with Gasteiger partial charge in [-0.05, 0) is 37.5 Å². The molecule has 1 aromatic rings. The molecule has 0 amide bonds. The van der Waals surface area contributed by atoms with Gasteiger partial charge in [0.05, 0.1) is 6.61 Å². The van der Waals surface area contributed by atoms with Crippen LogP contribution in [-0.2, 0) is 16.1 Å². The van der Waals surface area contributed by atoms with Crippen LogP contribution >= 0.6 is 0 Å². The second-order valence-electron chi connectivity index (χ2n) is 4.83. The molecule has 20 heavy (non-hydrogen) atoms. The van der Waals surface area contributed by atoms with E-state index < -0.39 is 12.1 Å². The number of rotatable bonds is 8. The quantitative estimate of drug-likeness (QED) is 0.712. The minimum atomic E-state index is -0.964. The van der Waals surface area contributed by atoms with E-state index in [4.69, 9.17) is 14.6 Å². The number of benzene rings is 1. The normalized spacial score (nSPS) is 12.2. The summed E-state index contributed by atoms with van der Waals surface area (Å²) in [4.78, 5) is 10.8. The summed E-state index contributed by atoms with van der Waals surface area (Å²) < 4.78 is 10.5. The summed E-state index contributed by atoms with van der Waals surface area (Å²) in [7, 11) is 1.67. The highest BCUT2D eigenvalue weighted by atomic mass is 16.5. The lowest BCUT2D eigenvalue weighted by atomic mass is 10.1. The zero-order valence-corrected chi connectivity index (χ0v) is 12.5. The lowest BCUT2D eigenvalue weighted by molar-refractivity contribution is -0.144. The number of nitrogens with one attached hydrogen (secondary N) is 1. The Morgan fingerprint density at radius 2 is 1.95 bits per heavy atom. The average Bonchev–Trinajstić information content (AvgIpc) is 2.38. The lowest BCUT2D eigenvalue weighted by Crippen LogP contribution is -2.24. The van der Waals surface area contributed by atoms with Gasteiger partial charge >= 0.3 is 5.97 Å². The van der Waals surface area contributed by atoms with Crippen LogP contribution in [0.4, 0.5) is 0 Å². The third-order valence-electron chi connectivity index (χ3n) is 2.97. The second kappa shape index (κ2) is 7.87. The van der Waals surface area contributed by atoms with Crippen molar-refractivity contribution >= 4 is 5.97 Å². The van der Waals surface area contributed by atoms with Gasteiger partial charge in [-0.1, -0.05) is 12.1 Å². The van der Waals surface area contributed by atoms with Gasteiger partial charge in [0.2, 0.25) is 0 Å². The first-order valence-electron chi connectivity index (χ1n) is 6.65. The Labute approximate surface area is 119 Å². The van der Waals surface area contributed by atoms with Crippen molar-refractivity contribution in [1.29, 1.82) is 0 Å². The van der Waals surface area contributed by atoms with Crippen molar-refractivity contribution in [3.05, 3.63) is 28.8 Å². The number of methoxy groups -OCH3 is 1. The molecule has 1 unspecified atom stereocenters. The molecule has 0 saturated heterocycles. The van der Waals surface area contributed by atoms with Crippen LogP contribution in [0.5, 0.6) is 5.75 Å². The topological polar surface area (TPSA) is 67.8 Å².